The van der Waals surface area contributed by atoms with Crippen LogP contribution in [0.1, 0.15) is 260 Å². The molecule has 0 fully saturated rings. The van der Waals surface area contributed by atoms with E-state index in [1.807, 2.05) is 6.92 Å². The van der Waals surface area contributed by atoms with Crippen molar-refractivity contribution in [2.24, 2.45) is 22.0 Å². The summed E-state index contributed by atoms with van der Waals surface area (Å²) < 4.78 is 0. The lowest BCUT2D eigenvalue weighted by Crippen LogP contribution is -2.34. The van der Waals surface area contributed by atoms with Crippen LogP contribution in [0.5, 0.6) is 0 Å². The molecular formula is C58H94N4O2S2. The topological polar surface area (TPSA) is 65.3 Å². The van der Waals surface area contributed by atoms with Crippen molar-refractivity contribution in [3.63, 3.8) is 0 Å². The Labute approximate surface area is 412 Å². The summed E-state index contributed by atoms with van der Waals surface area (Å²) in [4.78, 5) is 39.3. The molecule has 0 aromatic carbocycles. The number of carbonyl (C=O) groups is 2. The minimum atomic E-state index is 0.0236. The van der Waals surface area contributed by atoms with E-state index in [2.05, 4.69) is 78.9 Å². The highest BCUT2D eigenvalue weighted by atomic mass is 32.1. The van der Waals surface area contributed by atoms with Gasteiger partial charge in [-0.15, -0.1) is 22.7 Å². The summed E-state index contributed by atoms with van der Waals surface area (Å²) in [5.41, 5.74) is 2.98. The molecule has 4 heterocycles. The summed E-state index contributed by atoms with van der Waals surface area (Å²) in [5.74, 6) is 0.844. The van der Waals surface area contributed by atoms with Gasteiger partial charge in [0.05, 0.1) is 38.5 Å². The highest BCUT2D eigenvalue weighted by molar-refractivity contribution is 7.15. The lowest BCUT2D eigenvalue weighted by Gasteiger charge is -2.29. The summed E-state index contributed by atoms with van der Waals surface area (Å²) in [7, 11) is 0. The molecular weight excluding hydrogens is 849 g/mol. The van der Waals surface area contributed by atoms with Gasteiger partial charge in [-0.2, -0.15) is 10.2 Å². The zero-order valence-corrected chi connectivity index (χ0v) is 44.7. The average molecular weight is 944 g/mol. The van der Waals surface area contributed by atoms with Crippen LogP contribution in [0, 0.1) is 18.8 Å². The van der Waals surface area contributed by atoms with E-state index >= 15 is 9.59 Å². The fourth-order valence-corrected chi connectivity index (χ4v) is 12.1. The first-order valence-corrected chi connectivity index (χ1v) is 29.3. The van der Waals surface area contributed by atoms with Crippen molar-refractivity contribution in [1.82, 2.24) is 9.80 Å². The van der Waals surface area contributed by atoms with Gasteiger partial charge < -0.3 is 9.80 Å². The molecule has 0 N–H and O–H groups in total. The Hall–Kier alpha value is -2.84. The number of aryl methyl sites for hydroxylation is 1. The largest absolute Gasteiger partial charge is 0.306 e. The molecule has 2 unspecified atom stereocenters. The van der Waals surface area contributed by atoms with Crippen LogP contribution in [0.25, 0.3) is 11.4 Å². The average Bonchev–Trinajstić information content (AvgIpc) is 4.09. The third-order valence-corrected chi connectivity index (χ3v) is 16.2. The number of fused-ring (bicyclic) bond motifs is 1. The minimum absolute atomic E-state index is 0.0236. The molecule has 6 nitrogen and oxygen atoms in total. The maximum atomic E-state index is 15.5. The van der Waals surface area contributed by atoms with E-state index in [4.69, 9.17) is 0 Å². The first kappa shape index (κ1) is 55.8. The van der Waals surface area contributed by atoms with Crippen molar-refractivity contribution in [3.8, 4) is 0 Å². The number of unbranched alkanes of at least 4 members (excludes halogenated alkanes) is 24. The van der Waals surface area contributed by atoms with Crippen molar-refractivity contribution < 1.29 is 9.59 Å². The Morgan fingerprint density at radius 1 is 0.470 bits per heavy atom. The summed E-state index contributed by atoms with van der Waals surface area (Å²) in [6.07, 6.45) is 44.1. The Bertz CT molecular complexity index is 1780. The maximum absolute atomic E-state index is 15.5. The molecule has 66 heavy (non-hydrogen) atoms. The van der Waals surface area contributed by atoms with Crippen LogP contribution in [-0.4, -0.2) is 47.1 Å². The molecule has 2 atom stereocenters. The standard InChI is InChI=1S/C58H94N4O2S2/c1-7-12-16-20-24-26-30-34-38-48(36-32-28-22-18-14-9-3)45-61-55(51-42-40-47(6)65-51)53-54(58(61)64)56(52-43-41-50(66-52)44-60-59-11-5)62(57(53)63)46-49(37-33-29-23-19-15-10-4)39-35-31-27-25-21-17-13-8-2/h11,40-44,48-49H,7-10,12-39,45-46H2,1-6H3/b59-11+,60-44+. The Morgan fingerprint density at radius 2 is 0.818 bits per heavy atom. The Morgan fingerprint density at radius 3 is 1.17 bits per heavy atom. The van der Waals surface area contributed by atoms with Gasteiger partial charge in [-0.3, -0.25) is 9.59 Å². The molecule has 0 saturated heterocycles. The van der Waals surface area contributed by atoms with Crippen LogP contribution < -0.4 is 0 Å². The van der Waals surface area contributed by atoms with Crippen LogP contribution in [0.2, 0.25) is 0 Å². The smallest absolute Gasteiger partial charge is 0.261 e. The molecule has 0 saturated carbocycles. The maximum Gasteiger partial charge on any atom is 0.261 e. The highest BCUT2D eigenvalue weighted by Gasteiger charge is 2.50. The first-order valence-electron chi connectivity index (χ1n) is 27.7. The van der Waals surface area contributed by atoms with E-state index < -0.39 is 0 Å². The number of hydrogen-bond donors (Lipinski definition) is 0. The third-order valence-electron chi connectivity index (χ3n) is 14.1. The second-order valence-electron chi connectivity index (χ2n) is 19.9. The van der Waals surface area contributed by atoms with Crippen LogP contribution in [-0.2, 0) is 9.59 Å². The zero-order chi connectivity index (χ0) is 47.2. The molecule has 2 aromatic heterocycles. The van der Waals surface area contributed by atoms with Gasteiger partial charge in [-0.05, 0) is 75.6 Å². The zero-order valence-electron chi connectivity index (χ0n) is 43.1. The highest BCUT2D eigenvalue weighted by Crippen LogP contribution is 2.49. The van der Waals surface area contributed by atoms with Gasteiger partial charge in [0.2, 0.25) is 0 Å². The van der Waals surface area contributed by atoms with Gasteiger partial charge in [-0.25, -0.2) is 0 Å². The number of rotatable bonds is 40. The van der Waals surface area contributed by atoms with E-state index in [9.17, 15) is 0 Å². The normalized spacial score (nSPS) is 15.3. The fraction of sp³-hybridized carbons (Fsp3) is 0.724. The van der Waals surface area contributed by atoms with Crippen LogP contribution in [0.4, 0.5) is 0 Å². The molecule has 4 rings (SSSR count). The van der Waals surface area contributed by atoms with E-state index in [1.165, 1.54) is 185 Å². The first-order chi connectivity index (χ1) is 32.4. The van der Waals surface area contributed by atoms with Crippen molar-refractivity contribution in [2.45, 2.75) is 247 Å². The van der Waals surface area contributed by atoms with Gasteiger partial charge in [0.1, 0.15) is 0 Å². The van der Waals surface area contributed by atoms with Crippen molar-refractivity contribution >= 4 is 58.3 Å². The number of nitrogens with zero attached hydrogens (tertiary/aromatic N) is 4. The van der Waals surface area contributed by atoms with Crippen LogP contribution in [0.3, 0.4) is 0 Å². The summed E-state index contributed by atoms with van der Waals surface area (Å²) in [5, 5.41) is 8.36. The molecule has 8 heteroatoms. The van der Waals surface area contributed by atoms with E-state index in [-0.39, 0.29) is 11.8 Å². The van der Waals surface area contributed by atoms with E-state index in [1.54, 1.807) is 35.1 Å². The summed E-state index contributed by atoms with van der Waals surface area (Å²) in [6.45, 7) is 14.5. The molecule has 2 aliphatic heterocycles. The second-order valence-corrected chi connectivity index (χ2v) is 22.3. The number of hydrogen-bond acceptors (Lipinski definition) is 6. The number of amides is 2. The monoisotopic (exact) mass is 943 g/mol. The number of carbonyl (C=O) groups excluding carboxylic acids is 2. The molecule has 0 aliphatic carbocycles. The second kappa shape index (κ2) is 33.6. The van der Waals surface area contributed by atoms with Gasteiger partial charge in [0.25, 0.3) is 11.8 Å². The third kappa shape index (κ3) is 18.9. The molecule has 0 bridgehead atoms. The molecule has 0 radical (unpaired) electrons. The van der Waals surface area contributed by atoms with E-state index in [0.717, 1.165) is 51.7 Å². The lowest BCUT2D eigenvalue weighted by atomic mass is 9.93. The molecule has 2 amide bonds. The number of thiophene rings is 2. The van der Waals surface area contributed by atoms with Crippen molar-refractivity contribution in [1.29, 1.82) is 0 Å². The molecule has 370 valence electrons. The summed E-state index contributed by atoms with van der Waals surface area (Å²) >= 11 is 3.34. The van der Waals surface area contributed by atoms with Gasteiger partial charge in [0.15, 0.2) is 0 Å². The molecule has 0 spiro atoms. The lowest BCUT2D eigenvalue weighted by molar-refractivity contribution is -0.124. The van der Waals surface area contributed by atoms with Gasteiger partial charge in [0, 0.05) is 29.1 Å². The fourth-order valence-electron chi connectivity index (χ4n) is 10.3. The van der Waals surface area contributed by atoms with Crippen LogP contribution in [0.15, 0.2) is 45.6 Å². The van der Waals surface area contributed by atoms with E-state index in [0.29, 0.717) is 36.1 Å². The molecule has 2 aliphatic rings. The Kier molecular flexibility index (Phi) is 28.4. The van der Waals surface area contributed by atoms with Crippen molar-refractivity contribution in [2.75, 3.05) is 13.1 Å². The SMILES string of the molecule is C/C=N/N=C/c1ccc(C2=C3C(=O)N(CC(CCCCCCCC)CCCCCCCCCC)C(c4ccc(C)s4)=C3C(=O)N2CC(CCCCCCCC)CCCCCCCCCC)s1. The molecule has 2 aromatic rings. The minimum Gasteiger partial charge on any atom is -0.306 e. The predicted octanol–water partition coefficient (Wildman–Crippen LogP) is 18.1. The quantitative estimate of drug-likeness (QED) is 0.0380. The van der Waals surface area contributed by atoms with Crippen molar-refractivity contribution in [3.05, 3.63) is 54.9 Å². The van der Waals surface area contributed by atoms with Crippen LogP contribution >= 0.6 is 22.7 Å². The van der Waals surface area contributed by atoms with Gasteiger partial charge >= 0.3 is 0 Å². The Balaban J connectivity index is 1.69. The summed E-state index contributed by atoms with van der Waals surface area (Å²) in [6, 6.07) is 8.51. The van der Waals surface area contributed by atoms with Gasteiger partial charge in [-0.1, -0.05) is 207 Å². The predicted molar refractivity (Wildman–Crippen MR) is 290 cm³/mol.